The van der Waals surface area contributed by atoms with Crippen molar-refractivity contribution in [3.8, 4) is 0 Å². The highest BCUT2D eigenvalue weighted by Gasteiger charge is 2.13. The predicted octanol–water partition coefficient (Wildman–Crippen LogP) is 2.26. The molecule has 0 aliphatic heterocycles. The van der Waals surface area contributed by atoms with Crippen LogP contribution in [-0.2, 0) is 11.3 Å². The molecule has 5 heteroatoms. The second-order valence-corrected chi connectivity index (χ2v) is 3.70. The number of aromatic nitrogens is 1. The largest absolute Gasteiger partial charge is 0.477 e. The molecule has 0 saturated heterocycles. The molecule has 1 aromatic rings. The van der Waals surface area contributed by atoms with Crippen LogP contribution in [-0.4, -0.2) is 28.4 Å². The Hall–Kier alpha value is -1.00. The molecule has 0 fully saturated rings. The Morgan fingerprint density at radius 2 is 2.40 bits per heavy atom. The maximum atomic E-state index is 10.9. The lowest BCUT2D eigenvalue weighted by Gasteiger charge is -2.13. The summed E-state index contributed by atoms with van der Waals surface area (Å²) < 4.78 is 6.92. The maximum absolute atomic E-state index is 10.9. The van der Waals surface area contributed by atoms with Gasteiger partial charge in [-0.05, 0) is 19.9 Å². The number of carboxylic acid groups (broad SMARTS) is 1. The van der Waals surface area contributed by atoms with Crippen molar-refractivity contribution in [3.05, 3.63) is 23.0 Å². The number of rotatable bonds is 5. The van der Waals surface area contributed by atoms with E-state index in [0.29, 0.717) is 18.2 Å². The van der Waals surface area contributed by atoms with Gasteiger partial charge in [0.1, 0.15) is 5.69 Å². The Morgan fingerprint density at radius 3 is 2.93 bits per heavy atom. The molecular formula is C10H14ClNO3. The van der Waals surface area contributed by atoms with Gasteiger partial charge in [0.25, 0.3) is 0 Å². The summed E-state index contributed by atoms with van der Waals surface area (Å²) in [6, 6.07) is 1.43. The first kappa shape index (κ1) is 12.1. The van der Waals surface area contributed by atoms with E-state index in [-0.39, 0.29) is 11.8 Å². The molecule has 0 amide bonds. The van der Waals surface area contributed by atoms with Crippen LogP contribution in [0.3, 0.4) is 0 Å². The summed E-state index contributed by atoms with van der Waals surface area (Å²) in [7, 11) is 0. The molecule has 1 rings (SSSR count). The molecule has 0 bridgehead atoms. The summed E-state index contributed by atoms with van der Waals surface area (Å²) >= 11 is 5.75. The minimum absolute atomic E-state index is 0.0310. The van der Waals surface area contributed by atoms with E-state index in [0.717, 1.165) is 0 Å². The topological polar surface area (TPSA) is 51.5 Å². The fourth-order valence-corrected chi connectivity index (χ4v) is 1.64. The van der Waals surface area contributed by atoms with Gasteiger partial charge in [-0.1, -0.05) is 11.6 Å². The van der Waals surface area contributed by atoms with E-state index in [1.165, 1.54) is 6.07 Å². The van der Waals surface area contributed by atoms with Gasteiger partial charge >= 0.3 is 5.97 Å². The van der Waals surface area contributed by atoms with Crippen molar-refractivity contribution in [1.29, 1.82) is 0 Å². The normalized spacial score (nSPS) is 12.7. The standard InChI is InChI=1S/C10H14ClNO3/c1-3-15-7(2)5-12-6-8(11)4-9(12)10(13)14/h4,6-7H,3,5H2,1-2H3,(H,13,14). The van der Waals surface area contributed by atoms with Gasteiger partial charge < -0.3 is 14.4 Å². The minimum Gasteiger partial charge on any atom is -0.477 e. The van der Waals surface area contributed by atoms with Crippen molar-refractivity contribution in [2.24, 2.45) is 0 Å². The van der Waals surface area contributed by atoms with Gasteiger partial charge in [-0.2, -0.15) is 0 Å². The van der Waals surface area contributed by atoms with Gasteiger partial charge in [-0.25, -0.2) is 4.79 Å². The van der Waals surface area contributed by atoms with Crippen LogP contribution in [0.25, 0.3) is 0 Å². The lowest BCUT2D eigenvalue weighted by molar-refractivity contribution is 0.0595. The van der Waals surface area contributed by atoms with Crippen LogP contribution in [0.1, 0.15) is 24.3 Å². The van der Waals surface area contributed by atoms with Crippen LogP contribution in [0.4, 0.5) is 0 Å². The highest BCUT2D eigenvalue weighted by Crippen LogP contribution is 2.15. The van der Waals surface area contributed by atoms with Crippen LogP contribution < -0.4 is 0 Å². The van der Waals surface area contributed by atoms with Crippen molar-refractivity contribution in [2.45, 2.75) is 26.5 Å². The third-order valence-electron chi connectivity index (χ3n) is 1.99. The second-order valence-electron chi connectivity index (χ2n) is 3.27. The van der Waals surface area contributed by atoms with Gasteiger partial charge in [-0.3, -0.25) is 0 Å². The molecule has 0 saturated carbocycles. The number of hydrogen-bond acceptors (Lipinski definition) is 2. The molecule has 0 aliphatic rings. The zero-order valence-electron chi connectivity index (χ0n) is 8.74. The SMILES string of the molecule is CCOC(C)Cn1cc(Cl)cc1C(=O)O. The number of halogens is 1. The summed E-state index contributed by atoms with van der Waals surface area (Å²) in [6.45, 7) is 4.89. The first-order valence-electron chi connectivity index (χ1n) is 4.75. The van der Waals surface area contributed by atoms with Crippen LogP contribution in [0.15, 0.2) is 12.3 Å². The van der Waals surface area contributed by atoms with E-state index in [9.17, 15) is 4.79 Å². The lowest BCUT2D eigenvalue weighted by Crippen LogP contribution is -2.19. The quantitative estimate of drug-likeness (QED) is 0.846. The zero-order valence-corrected chi connectivity index (χ0v) is 9.49. The molecule has 1 N–H and O–H groups in total. The Bertz CT molecular complexity index is 348. The number of carbonyl (C=O) groups is 1. The third kappa shape index (κ3) is 3.25. The summed E-state index contributed by atoms with van der Waals surface area (Å²) in [4.78, 5) is 10.9. The molecule has 0 aromatic carbocycles. The molecule has 1 aromatic heterocycles. The van der Waals surface area contributed by atoms with Crippen LogP contribution >= 0.6 is 11.6 Å². The first-order valence-corrected chi connectivity index (χ1v) is 5.13. The predicted molar refractivity (Wildman–Crippen MR) is 57.5 cm³/mol. The van der Waals surface area contributed by atoms with Crippen molar-refractivity contribution in [3.63, 3.8) is 0 Å². The van der Waals surface area contributed by atoms with Crippen LogP contribution in [0.2, 0.25) is 5.02 Å². The molecule has 0 spiro atoms. The molecule has 1 unspecified atom stereocenters. The average Bonchev–Trinajstić information content (AvgIpc) is 2.47. The van der Waals surface area contributed by atoms with Gasteiger partial charge in [-0.15, -0.1) is 0 Å². The molecule has 4 nitrogen and oxygen atoms in total. The van der Waals surface area contributed by atoms with E-state index >= 15 is 0 Å². The summed E-state index contributed by atoms with van der Waals surface area (Å²) in [6.07, 6.45) is 1.57. The number of carboxylic acids is 1. The van der Waals surface area contributed by atoms with Gasteiger partial charge in [0, 0.05) is 19.3 Å². The number of hydrogen-bond donors (Lipinski definition) is 1. The van der Waals surface area contributed by atoms with Crippen LogP contribution in [0, 0.1) is 0 Å². The van der Waals surface area contributed by atoms with Crippen LogP contribution in [0.5, 0.6) is 0 Å². The summed E-state index contributed by atoms with van der Waals surface area (Å²) in [5, 5.41) is 9.33. The zero-order chi connectivity index (χ0) is 11.4. The van der Waals surface area contributed by atoms with Crippen molar-refractivity contribution in [1.82, 2.24) is 4.57 Å². The number of nitrogens with zero attached hydrogens (tertiary/aromatic N) is 1. The van der Waals surface area contributed by atoms with Crippen molar-refractivity contribution in [2.75, 3.05) is 6.61 Å². The molecule has 15 heavy (non-hydrogen) atoms. The van der Waals surface area contributed by atoms with E-state index < -0.39 is 5.97 Å². The highest BCUT2D eigenvalue weighted by molar-refractivity contribution is 6.30. The molecule has 1 atom stereocenters. The second kappa shape index (κ2) is 5.19. The van der Waals surface area contributed by atoms with E-state index in [4.69, 9.17) is 21.4 Å². The van der Waals surface area contributed by atoms with E-state index in [2.05, 4.69) is 0 Å². The molecule has 1 heterocycles. The Balaban J connectivity index is 2.79. The van der Waals surface area contributed by atoms with Crippen molar-refractivity contribution < 1.29 is 14.6 Å². The van der Waals surface area contributed by atoms with Gasteiger partial charge in [0.15, 0.2) is 0 Å². The Morgan fingerprint density at radius 1 is 1.73 bits per heavy atom. The molecule has 0 radical (unpaired) electrons. The lowest BCUT2D eigenvalue weighted by atomic mass is 10.3. The monoisotopic (exact) mass is 231 g/mol. The Kier molecular flexibility index (Phi) is 4.17. The maximum Gasteiger partial charge on any atom is 0.352 e. The van der Waals surface area contributed by atoms with Gasteiger partial charge in [0.05, 0.1) is 11.1 Å². The van der Waals surface area contributed by atoms with Gasteiger partial charge in [0.2, 0.25) is 0 Å². The molecule has 0 aliphatic carbocycles. The number of aromatic carboxylic acids is 1. The average molecular weight is 232 g/mol. The Labute approximate surface area is 93.4 Å². The fourth-order valence-electron chi connectivity index (χ4n) is 1.42. The highest BCUT2D eigenvalue weighted by atomic mass is 35.5. The number of ether oxygens (including phenoxy) is 1. The smallest absolute Gasteiger partial charge is 0.352 e. The van der Waals surface area contributed by atoms with E-state index in [1.54, 1.807) is 10.8 Å². The summed E-state index contributed by atoms with van der Waals surface area (Å²) in [5.74, 6) is -0.981. The third-order valence-corrected chi connectivity index (χ3v) is 2.19. The fraction of sp³-hybridized carbons (Fsp3) is 0.500. The molecule has 84 valence electrons. The van der Waals surface area contributed by atoms with Crippen molar-refractivity contribution >= 4 is 17.6 Å². The summed E-state index contributed by atoms with van der Waals surface area (Å²) in [5.41, 5.74) is 0.187. The minimum atomic E-state index is -0.981. The van der Waals surface area contributed by atoms with E-state index in [1.807, 2.05) is 13.8 Å². The molecular weight excluding hydrogens is 218 g/mol. The first-order chi connectivity index (χ1) is 7.04.